The zero-order valence-corrected chi connectivity index (χ0v) is 35.2. The maximum absolute atomic E-state index is 7.06. The van der Waals surface area contributed by atoms with Crippen molar-refractivity contribution in [2.24, 2.45) is 0 Å². The SMILES string of the molecule is C1=CN(c2c(-c3ccccc3)cccc2-c2ccccc2)CN1c1cc(Oc2ccc3c(c2)n(-c2ccccn2)c2nc4ccccc4n32)c2oc3c(ccc4c5ccccc5oc43)c2c1. The average Bonchev–Trinajstić information content (AvgIpc) is 4.22. The Morgan fingerprint density at radius 1 is 0.500 bits per heavy atom. The third kappa shape index (κ3) is 5.53. The van der Waals surface area contributed by atoms with Crippen LogP contribution in [-0.2, 0) is 0 Å². The summed E-state index contributed by atoms with van der Waals surface area (Å²) in [5.41, 5.74) is 13.4. The summed E-state index contributed by atoms with van der Waals surface area (Å²) in [6.45, 7) is 0.565. The van der Waals surface area contributed by atoms with E-state index < -0.39 is 0 Å². The lowest BCUT2D eigenvalue weighted by atomic mass is 9.95. The number of anilines is 2. The Bertz CT molecular complexity index is 4020. The van der Waals surface area contributed by atoms with E-state index in [1.165, 1.54) is 0 Å². The maximum atomic E-state index is 7.06. The Balaban J connectivity index is 0.935. The van der Waals surface area contributed by atoms with Gasteiger partial charge in [-0.05, 0) is 71.8 Å². The molecule has 13 aromatic rings. The van der Waals surface area contributed by atoms with Crippen LogP contribution in [0.1, 0.15) is 0 Å². The van der Waals surface area contributed by atoms with E-state index in [0.717, 1.165) is 94.4 Å². The largest absolute Gasteiger partial charge is 0.453 e. The highest BCUT2D eigenvalue weighted by Gasteiger charge is 2.26. The number of aromatic nitrogens is 4. The number of rotatable bonds is 7. The molecule has 0 saturated carbocycles. The Labute approximate surface area is 376 Å². The molecule has 1 aliphatic rings. The van der Waals surface area contributed by atoms with Crippen molar-refractivity contribution in [1.29, 1.82) is 0 Å². The molecule has 8 aromatic carbocycles. The molecule has 14 rings (SSSR count). The molecule has 0 spiro atoms. The van der Waals surface area contributed by atoms with Crippen LogP contribution in [0.5, 0.6) is 11.5 Å². The van der Waals surface area contributed by atoms with Crippen molar-refractivity contribution in [2.75, 3.05) is 16.5 Å². The predicted molar refractivity (Wildman–Crippen MR) is 265 cm³/mol. The zero-order valence-electron chi connectivity index (χ0n) is 35.2. The van der Waals surface area contributed by atoms with Crippen LogP contribution in [0, 0.1) is 0 Å². The minimum absolute atomic E-state index is 0.565. The van der Waals surface area contributed by atoms with E-state index in [4.69, 9.17) is 23.5 Å². The first-order valence-electron chi connectivity index (χ1n) is 22.0. The van der Waals surface area contributed by atoms with Gasteiger partial charge in [0.05, 0.1) is 34.4 Å². The van der Waals surface area contributed by atoms with Crippen LogP contribution in [0.4, 0.5) is 11.4 Å². The lowest BCUT2D eigenvalue weighted by Crippen LogP contribution is -2.25. The van der Waals surface area contributed by atoms with Gasteiger partial charge in [-0.3, -0.25) is 8.97 Å². The van der Waals surface area contributed by atoms with Gasteiger partial charge in [0.2, 0.25) is 5.78 Å². The lowest BCUT2D eigenvalue weighted by molar-refractivity contribution is 0.477. The third-order valence-electron chi connectivity index (χ3n) is 12.9. The summed E-state index contributed by atoms with van der Waals surface area (Å²) in [5.74, 6) is 2.75. The van der Waals surface area contributed by atoms with Crippen molar-refractivity contribution < 1.29 is 13.6 Å². The summed E-state index contributed by atoms with van der Waals surface area (Å²) in [4.78, 5) is 14.4. The first kappa shape index (κ1) is 36.4. The summed E-state index contributed by atoms with van der Waals surface area (Å²) in [5, 5.41) is 3.91. The fourth-order valence-electron chi connectivity index (χ4n) is 9.88. The Hall–Kier alpha value is -9.08. The molecule has 0 radical (unpaired) electrons. The van der Waals surface area contributed by atoms with Crippen molar-refractivity contribution in [3.05, 3.63) is 207 Å². The lowest BCUT2D eigenvalue weighted by Gasteiger charge is -2.26. The highest BCUT2D eigenvalue weighted by Crippen LogP contribution is 2.46. The zero-order chi connectivity index (χ0) is 43.3. The molecule has 0 N–H and O–H groups in total. The van der Waals surface area contributed by atoms with Gasteiger partial charge in [-0.25, -0.2) is 9.97 Å². The van der Waals surface area contributed by atoms with Gasteiger partial charge in [-0.2, -0.15) is 0 Å². The van der Waals surface area contributed by atoms with Crippen LogP contribution in [-0.4, -0.2) is 25.6 Å². The molecule has 0 saturated heterocycles. The third-order valence-corrected chi connectivity index (χ3v) is 12.9. The van der Waals surface area contributed by atoms with Crippen LogP contribution >= 0.6 is 0 Å². The normalized spacial score (nSPS) is 13.0. The molecule has 0 unspecified atom stereocenters. The molecule has 66 heavy (non-hydrogen) atoms. The molecule has 5 aromatic heterocycles. The molecule has 0 aliphatic carbocycles. The van der Waals surface area contributed by atoms with E-state index >= 15 is 0 Å². The number of pyridine rings is 1. The number of ether oxygens (including phenoxy) is 1. The summed E-state index contributed by atoms with van der Waals surface area (Å²) < 4.78 is 24.8. The summed E-state index contributed by atoms with van der Waals surface area (Å²) in [6.07, 6.45) is 6.12. The molecule has 9 heteroatoms. The van der Waals surface area contributed by atoms with Gasteiger partial charge in [-0.1, -0.05) is 115 Å². The Morgan fingerprint density at radius 3 is 2.02 bits per heavy atom. The second kappa shape index (κ2) is 14.2. The van der Waals surface area contributed by atoms with Crippen molar-refractivity contribution in [3.8, 4) is 39.6 Å². The van der Waals surface area contributed by atoms with Crippen molar-refractivity contribution in [3.63, 3.8) is 0 Å². The second-order valence-electron chi connectivity index (χ2n) is 16.7. The fraction of sp³-hybridized carbons (Fsp3) is 0.0175. The molecular weight excluding hydrogens is 817 g/mol. The number of fused-ring (bicyclic) bond motifs is 12. The standard InChI is InChI=1S/C57H36N6O3/c1-3-14-36(15-4-1)40-19-13-20-41(37-16-5-2-6-17-37)53(40)61-31-30-60(35-61)38-32-45-44-27-26-43-42-18-7-10-23-50(42)65-55(43)56(44)66-54(45)51(33-38)64-39-25-28-48-49(34-39)63(52-24-11-12-29-58-52)57-59-46-21-8-9-22-47(46)62(48)57/h1-34H,35H2. The van der Waals surface area contributed by atoms with Crippen LogP contribution in [0.2, 0.25) is 0 Å². The van der Waals surface area contributed by atoms with Crippen LogP contribution < -0.4 is 14.5 Å². The van der Waals surface area contributed by atoms with E-state index in [1.807, 2.05) is 60.7 Å². The number of imidazole rings is 2. The molecule has 6 heterocycles. The fourth-order valence-corrected chi connectivity index (χ4v) is 9.88. The van der Waals surface area contributed by atoms with Crippen LogP contribution in [0.15, 0.2) is 215 Å². The maximum Gasteiger partial charge on any atom is 0.221 e. The van der Waals surface area contributed by atoms with E-state index in [1.54, 1.807) is 6.20 Å². The van der Waals surface area contributed by atoms with Gasteiger partial charge in [-0.15, -0.1) is 0 Å². The summed E-state index contributed by atoms with van der Waals surface area (Å²) >= 11 is 0. The average molecular weight is 853 g/mol. The summed E-state index contributed by atoms with van der Waals surface area (Å²) in [6, 6.07) is 64.7. The smallest absolute Gasteiger partial charge is 0.221 e. The molecule has 312 valence electrons. The predicted octanol–water partition coefficient (Wildman–Crippen LogP) is 14.5. The van der Waals surface area contributed by atoms with Gasteiger partial charge in [0.15, 0.2) is 22.5 Å². The number of para-hydroxylation sites is 4. The van der Waals surface area contributed by atoms with Crippen molar-refractivity contribution >= 4 is 83.1 Å². The van der Waals surface area contributed by atoms with Crippen LogP contribution in [0.25, 0.3) is 99.8 Å². The second-order valence-corrected chi connectivity index (χ2v) is 16.7. The highest BCUT2D eigenvalue weighted by atomic mass is 16.5. The van der Waals surface area contributed by atoms with Crippen LogP contribution in [0.3, 0.4) is 0 Å². The molecule has 1 aliphatic heterocycles. The van der Waals surface area contributed by atoms with Crippen molar-refractivity contribution in [2.45, 2.75) is 0 Å². The molecule has 0 bridgehead atoms. The number of hydrogen-bond donors (Lipinski definition) is 0. The van der Waals surface area contributed by atoms with Gasteiger partial charge >= 0.3 is 0 Å². The topological polar surface area (TPSA) is 77.1 Å². The highest BCUT2D eigenvalue weighted by molar-refractivity contribution is 6.20. The number of furan rings is 2. The van der Waals surface area contributed by atoms with E-state index in [-0.39, 0.29) is 0 Å². The minimum Gasteiger partial charge on any atom is -0.453 e. The number of nitrogens with zero attached hydrogens (tertiary/aromatic N) is 6. The van der Waals surface area contributed by atoms with Crippen molar-refractivity contribution in [1.82, 2.24) is 18.9 Å². The summed E-state index contributed by atoms with van der Waals surface area (Å²) in [7, 11) is 0. The minimum atomic E-state index is 0.565. The van der Waals surface area contributed by atoms with E-state index in [2.05, 4.69) is 159 Å². The van der Waals surface area contributed by atoms with E-state index in [0.29, 0.717) is 34.9 Å². The number of benzene rings is 8. The number of hydrogen-bond acceptors (Lipinski definition) is 7. The van der Waals surface area contributed by atoms with Gasteiger partial charge in [0, 0.05) is 69.1 Å². The monoisotopic (exact) mass is 852 g/mol. The van der Waals surface area contributed by atoms with Gasteiger partial charge in [0.25, 0.3) is 0 Å². The molecule has 0 fully saturated rings. The Kier molecular flexibility index (Phi) is 7.84. The molecule has 0 amide bonds. The van der Waals surface area contributed by atoms with Gasteiger partial charge < -0.3 is 23.4 Å². The molecule has 0 atom stereocenters. The Morgan fingerprint density at radius 2 is 1.21 bits per heavy atom. The first-order valence-corrected chi connectivity index (χ1v) is 22.0. The quantitative estimate of drug-likeness (QED) is 0.158. The van der Waals surface area contributed by atoms with Gasteiger partial charge in [0.1, 0.15) is 17.2 Å². The first-order chi connectivity index (χ1) is 32.7. The molecular formula is C57H36N6O3. The molecule has 9 nitrogen and oxygen atoms in total. The van der Waals surface area contributed by atoms with E-state index in [9.17, 15) is 0 Å².